The standard InChI is InChI=1S/C10H17F3N2O/c1-15(8-3-6-14-7-4-8)9(16)2-5-10(11,12)13/h8,14H,2-7H2,1H3. The van der Waals surface area contributed by atoms with Crippen molar-refractivity contribution in [3.8, 4) is 0 Å². The Kier molecular flexibility index (Phi) is 4.58. The summed E-state index contributed by atoms with van der Waals surface area (Å²) in [6, 6.07) is 0.0852. The summed E-state index contributed by atoms with van der Waals surface area (Å²) in [6.45, 7) is 1.64. The number of hydrogen-bond acceptors (Lipinski definition) is 2. The molecule has 1 fully saturated rings. The van der Waals surface area contributed by atoms with Crippen LogP contribution in [0, 0.1) is 0 Å². The molecule has 0 spiro atoms. The van der Waals surface area contributed by atoms with Crippen molar-refractivity contribution in [3.63, 3.8) is 0 Å². The Labute approximate surface area is 93.0 Å². The van der Waals surface area contributed by atoms with Crippen LogP contribution in [0.2, 0.25) is 0 Å². The van der Waals surface area contributed by atoms with Gasteiger partial charge in [-0.05, 0) is 25.9 Å². The van der Waals surface area contributed by atoms with Gasteiger partial charge in [0.1, 0.15) is 0 Å². The van der Waals surface area contributed by atoms with E-state index in [9.17, 15) is 18.0 Å². The average Bonchev–Trinajstić information content (AvgIpc) is 2.25. The lowest BCUT2D eigenvalue weighted by atomic mass is 10.0. The van der Waals surface area contributed by atoms with Crippen LogP contribution in [0.4, 0.5) is 13.2 Å². The highest BCUT2D eigenvalue weighted by Gasteiger charge is 2.30. The number of nitrogens with one attached hydrogen (secondary N) is 1. The first-order valence-corrected chi connectivity index (χ1v) is 5.43. The lowest BCUT2D eigenvalue weighted by molar-refractivity contribution is -0.149. The molecule has 0 aromatic heterocycles. The van der Waals surface area contributed by atoms with Crippen LogP contribution in [-0.2, 0) is 4.79 Å². The third-order valence-electron chi connectivity index (χ3n) is 2.87. The van der Waals surface area contributed by atoms with Crippen LogP contribution >= 0.6 is 0 Å². The molecule has 6 heteroatoms. The van der Waals surface area contributed by atoms with Gasteiger partial charge in [-0.3, -0.25) is 4.79 Å². The molecule has 1 N–H and O–H groups in total. The Balaban J connectivity index is 2.34. The van der Waals surface area contributed by atoms with E-state index in [-0.39, 0.29) is 6.04 Å². The smallest absolute Gasteiger partial charge is 0.343 e. The molecule has 0 bridgehead atoms. The number of halogens is 3. The molecule has 0 unspecified atom stereocenters. The monoisotopic (exact) mass is 238 g/mol. The van der Waals surface area contributed by atoms with Crippen molar-refractivity contribution in [2.24, 2.45) is 0 Å². The maximum atomic E-state index is 11.9. The number of hydrogen-bond donors (Lipinski definition) is 1. The second kappa shape index (κ2) is 5.52. The van der Waals surface area contributed by atoms with Gasteiger partial charge in [0.25, 0.3) is 0 Å². The van der Waals surface area contributed by atoms with E-state index in [1.54, 1.807) is 7.05 Å². The van der Waals surface area contributed by atoms with E-state index < -0.39 is 24.9 Å². The molecule has 0 aromatic carbocycles. The summed E-state index contributed by atoms with van der Waals surface area (Å²) < 4.78 is 35.8. The molecule has 0 atom stereocenters. The number of rotatable bonds is 3. The minimum atomic E-state index is -4.25. The minimum absolute atomic E-state index is 0.0852. The van der Waals surface area contributed by atoms with E-state index in [2.05, 4.69) is 5.32 Å². The van der Waals surface area contributed by atoms with E-state index in [0.29, 0.717) is 0 Å². The maximum Gasteiger partial charge on any atom is 0.389 e. The number of piperidine rings is 1. The molecule has 1 aliphatic heterocycles. The average molecular weight is 238 g/mol. The van der Waals surface area contributed by atoms with Gasteiger partial charge in [-0.25, -0.2) is 0 Å². The summed E-state index contributed by atoms with van der Waals surface area (Å²) >= 11 is 0. The molecule has 1 aliphatic rings. The summed E-state index contributed by atoms with van der Waals surface area (Å²) in [5, 5.41) is 3.15. The molecule has 3 nitrogen and oxygen atoms in total. The summed E-state index contributed by atoms with van der Waals surface area (Å²) in [6.07, 6.45) is -4.09. The summed E-state index contributed by atoms with van der Waals surface area (Å²) in [5.41, 5.74) is 0. The number of carbonyl (C=O) groups excluding carboxylic acids is 1. The van der Waals surface area contributed by atoms with Crippen molar-refractivity contribution in [1.82, 2.24) is 10.2 Å². The van der Waals surface area contributed by atoms with E-state index in [0.717, 1.165) is 25.9 Å². The molecular formula is C10H17F3N2O. The van der Waals surface area contributed by atoms with Gasteiger partial charge in [-0.15, -0.1) is 0 Å². The van der Waals surface area contributed by atoms with Crippen LogP contribution in [0.15, 0.2) is 0 Å². The summed E-state index contributed by atoms with van der Waals surface area (Å²) in [7, 11) is 1.59. The molecule has 94 valence electrons. The fourth-order valence-corrected chi connectivity index (χ4v) is 1.82. The second-order valence-electron chi connectivity index (χ2n) is 4.10. The molecule has 1 amide bonds. The van der Waals surface area contributed by atoms with Crippen molar-refractivity contribution in [2.75, 3.05) is 20.1 Å². The molecule has 0 saturated carbocycles. The lowest BCUT2D eigenvalue weighted by Gasteiger charge is -2.31. The van der Waals surface area contributed by atoms with Crippen LogP contribution in [-0.4, -0.2) is 43.2 Å². The largest absolute Gasteiger partial charge is 0.389 e. The molecule has 1 saturated heterocycles. The molecule has 0 aliphatic carbocycles. The second-order valence-corrected chi connectivity index (χ2v) is 4.10. The number of alkyl halides is 3. The maximum absolute atomic E-state index is 11.9. The number of nitrogens with zero attached hydrogens (tertiary/aromatic N) is 1. The highest BCUT2D eigenvalue weighted by molar-refractivity contribution is 5.76. The van der Waals surface area contributed by atoms with E-state index in [4.69, 9.17) is 0 Å². The zero-order valence-electron chi connectivity index (χ0n) is 9.31. The quantitative estimate of drug-likeness (QED) is 0.809. The molecule has 1 heterocycles. The highest BCUT2D eigenvalue weighted by atomic mass is 19.4. The zero-order chi connectivity index (χ0) is 12.2. The summed E-state index contributed by atoms with van der Waals surface area (Å²) in [5.74, 6) is -0.413. The van der Waals surface area contributed by atoms with Crippen LogP contribution in [0.5, 0.6) is 0 Å². The Hall–Kier alpha value is -0.780. The van der Waals surface area contributed by atoms with Gasteiger partial charge in [0.15, 0.2) is 0 Å². The van der Waals surface area contributed by atoms with Crippen LogP contribution in [0.3, 0.4) is 0 Å². The minimum Gasteiger partial charge on any atom is -0.343 e. The summed E-state index contributed by atoms with van der Waals surface area (Å²) in [4.78, 5) is 13.0. The van der Waals surface area contributed by atoms with Crippen LogP contribution in [0.1, 0.15) is 25.7 Å². The van der Waals surface area contributed by atoms with Gasteiger partial charge in [0.05, 0.1) is 6.42 Å². The first kappa shape index (κ1) is 13.3. The third-order valence-corrected chi connectivity index (χ3v) is 2.87. The van der Waals surface area contributed by atoms with Gasteiger partial charge >= 0.3 is 6.18 Å². The fraction of sp³-hybridized carbons (Fsp3) is 0.900. The zero-order valence-corrected chi connectivity index (χ0v) is 9.31. The highest BCUT2D eigenvalue weighted by Crippen LogP contribution is 2.22. The molecule has 0 radical (unpaired) electrons. The van der Waals surface area contributed by atoms with E-state index in [1.807, 2.05) is 0 Å². The van der Waals surface area contributed by atoms with Crippen molar-refractivity contribution in [1.29, 1.82) is 0 Å². The predicted molar refractivity (Wildman–Crippen MR) is 54.0 cm³/mol. The molecule has 1 rings (SSSR count). The lowest BCUT2D eigenvalue weighted by Crippen LogP contribution is -2.44. The Bertz CT molecular complexity index is 237. The molecule has 0 aromatic rings. The van der Waals surface area contributed by atoms with Crippen molar-refractivity contribution in [3.05, 3.63) is 0 Å². The Morgan fingerprint density at radius 2 is 1.94 bits per heavy atom. The first-order valence-electron chi connectivity index (χ1n) is 5.43. The first-order chi connectivity index (χ1) is 7.40. The van der Waals surface area contributed by atoms with Gasteiger partial charge in [-0.1, -0.05) is 0 Å². The third kappa shape index (κ3) is 4.38. The topological polar surface area (TPSA) is 32.3 Å². The Morgan fingerprint density at radius 3 is 2.44 bits per heavy atom. The Morgan fingerprint density at radius 1 is 1.38 bits per heavy atom. The van der Waals surface area contributed by atoms with Crippen molar-refractivity contribution >= 4 is 5.91 Å². The normalized spacial score (nSPS) is 18.5. The molecule has 16 heavy (non-hydrogen) atoms. The van der Waals surface area contributed by atoms with E-state index in [1.165, 1.54) is 4.90 Å². The molecular weight excluding hydrogens is 221 g/mol. The van der Waals surface area contributed by atoms with Gasteiger partial charge < -0.3 is 10.2 Å². The van der Waals surface area contributed by atoms with Crippen molar-refractivity contribution in [2.45, 2.75) is 37.9 Å². The van der Waals surface area contributed by atoms with Crippen molar-refractivity contribution < 1.29 is 18.0 Å². The number of carbonyl (C=O) groups is 1. The van der Waals surface area contributed by atoms with Gasteiger partial charge in [-0.2, -0.15) is 13.2 Å². The van der Waals surface area contributed by atoms with E-state index >= 15 is 0 Å². The predicted octanol–water partition coefficient (Wildman–Crippen LogP) is 1.54. The van der Waals surface area contributed by atoms with Crippen LogP contribution in [0.25, 0.3) is 0 Å². The van der Waals surface area contributed by atoms with Gasteiger partial charge in [0, 0.05) is 19.5 Å². The number of amides is 1. The fourth-order valence-electron chi connectivity index (χ4n) is 1.82. The van der Waals surface area contributed by atoms with Crippen LogP contribution < -0.4 is 5.32 Å². The van der Waals surface area contributed by atoms with Gasteiger partial charge in [0.2, 0.25) is 5.91 Å². The SMILES string of the molecule is CN(C(=O)CCC(F)(F)F)C1CCNCC1.